The van der Waals surface area contributed by atoms with Gasteiger partial charge in [0.2, 0.25) is 0 Å². The Labute approximate surface area is 124 Å². The molecule has 2 aliphatic rings. The molecule has 1 aliphatic heterocycles. The Balaban J connectivity index is 2.20. The molecule has 20 heavy (non-hydrogen) atoms. The third kappa shape index (κ3) is 2.85. The van der Waals surface area contributed by atoms with E-state index in [1.165, 1.54) is 22.9 Å². The Kier molecular flexibility index (Phi) is 4.14. The van der Waals surface area contributed by atoms with Gasteiger partial charge in [-0.15, -0.1) is 0 Å². The topological polar surface area (TPSA) is 101 Å². The van der Waals surface area contributed by atoms with Crippen LogP contribution in [0.1, 0.15) is 12.8 Å². The second-order valence-electron chi connectivity index (χ2n) is 4.70. The van der Waals surface area contributed by atoms with Gasteiger partial charge in [-0.2, -0.15) is 0 Å². The summed E-state index contributed by atoms with van der Waals surface area (Å²) in [6.45, 7) is 0.423. The zero-order chi connectivity index (χ0) is 14.9. The van der Waals surface area contributed by atoms with E-state index in [0.717, 1.165) is 15.5 Å². The van der Waals surface area contributed by atoms with Gasteiger partial charge in [-0.3, -0.25) is 0 Å². The van der Waals surface area contributed by atoms with Gasteiger partial charge >= 0.3 is 124 Å². The van der Waals surface area contributed by atoms with E-state index in [9.17, 15) is 14.4 Å². The number of carbonyl (C=O) groups excluding carboxylic acids is 2. The summed E-state index contributed by atoms with van der Waals surface area (Å²) in [6, 6.07) is -0.666. The summed E-state index contributed by atoms with van der Waals surface area (Å²) in [5.74, 6) is -1.53. The Morgan fingerprint density at radius 1 is 1.45 bits per heavy atom. The molecule has 0 aromatic carbocycles. The predicted octanol–water partition coefficient (Wildman–Crippen LogP) is -1.07. The maximum atomic E-state index is 11.6. The Morgan fingerprint density at radius 2 is 2.15 bits per heavy atom. The van der Waals surface area contributed by atoms with Crippen LogP contribution in [0, 0.1) is 0 Å². The van der Waals surface area contributed by atoms with E-state index in [1.54, 1.807) is 17.2 Å². The van der Waals surface area contributed by atoms with Crippen LogP contribution in [0.5, 0.6) is 0 Å². The molecule has 0 radical (unpaired) electrons. The SMILES string of the molecule is NC(=O)C(CCC(=O)O)N1C=C2C=CC(=O)C([AsH2])=C2C1. The third-order valence-electron chi connectivity index (χ3n) is 3.36. The van der Waals surface area contributed by atoms with Crippen LogP contribution in [0.2, 0.25) is 0 Å². The van der Waals surface area contributed by atoms with Crippen molar-refractivity contribution in [2.45, 2.75) is 18.9 Å². The van der Waals surface area contributed by atoms with Gasteiger partial charge in [0, 0.05) is 0 Å². The van der Waals surface area contributed by atoms with Crippen molar-refractivity contribution < 1.29 is 19.5 Å². The first-order valence-corrected chi connectivity index (χ1v) is 7.31. The van der Waals surface area contributed by atoms with Crippen LogP contribution in [-0.2, 0) is 14.4 Å². The van der Waals surface area contributed by atoms with E-state index in [2.05, 4.69) is 0 Å². The molecule has 106 valence electrons. The summed E-state index contributed by atoms with van der Waals surface area (Å²) in [4.78, 5) is 35.5. The van der Waals surface area contributed by atoms with Crippen LogP contribution in [0.15, 0.2) is 33.9 Å². The standard InChI is InChI=1S/C13H15AsN2O4/c14-12-8-6-16(5-7(8)1-3-10(12)17)9(13(15)20)2-4-11(18)19/h1,3,5,9H,2,4,6,14H2,(H2,15,20)(H,18,19). The van der Waals surface area contributed by atoms with Crippen molar-refractivity contribution in [3.8, 4) is 0 Å². The first kappa shape index (κ1) is 14.6. The average molecular weight is 338 g/mol. The van der Waals surface area contributed by atoms with Crippen LogP contribution >= 0.6 is 0 Å². The first-order valence-electron chi connectivity index (χ1n) is 6.10. The molecule has 2 rings (SSSR count). The average Bonchev–Trinajstić information content (AvgIpc) is 2.78. The van der Waals surface area contributed by atoms with E-state index in [-0.39, 0.29) is 18.6 Å². The first-order chi connectivity index (χ1) is 9.40. The van der Waals surface area contributed by atoms with Crippen LogP contribution in [0.3, 0.4) is 0 Å². The number of carboxylic acid groups (broad SMARTS) is 1. The summed E-state index contributed by atoms with van der Waals surface area (Å²) in [5, 5.41) is 8.72. The predicted molar refractivity (Wildman–Crippen MR) is 74.4 cm³/mol. The molecule has 0 spiro atoms. The number of carboxylic acids is 1. The Hall–Kier alpha value is -1.81. The number of hydrogen-bond acceptors (Lipinski definition) is 4. The zero-order valence-corrected chi connectivity index (χ0v) is 13.1. The number of amides is 1. The molecule has 7 heteroatoms. The molecule has 0 saturated heterocycles. The van der Waals surface area contributed by atoms with E-state index < -0.39 is 17.9 Å². The van der Waals surface area contributed by atoms with Crippen LogP contribution in [0.25, 0.3) is 0 Å². The monoisotopic (exact) mass is 338 g/mol. The number of allylic oxidation sites excluding steroid dienone is 3. The van der Waals surface area contributed by atoms with Gasteiger partial charge in [-0.25, -0.2) is 0 Å². The second-order valence-corrected chi connectivity index (χ2v) is 5.91. The van der Waals surface area contributed by atoms with Crippen LogP contribution < -0.4 is 5.73 Å². The Bertz CT molecular complexity index is 577. The molecule has 1 aliphatic carbocycles. The molecule has 0 bridgehead atoms. The summed E-state index contributed by atoms with van der Waals surface area (Å²) < 4.78 is 0.718. The number of ketones is 1. The second kappa shape index (κ2) is 5.67. The number of primary amides is 1. The molecule has 0 fully saturated rings. The third-order valence-corrected chi connectivity index (χ3v) is 4.69. The molecule has 0 aromatic heterocycles. The molecule has 0 aromatic rings. The van der Waals surface area contributed by atoms with Gasteiger partial charge in [0.05, 0.1) is 0 Å². The van der Waals surface area contributed by atoms with Gasteiger partial charge in [0.15, 0.2) is 0 Å². The fourth-order valence-electron chi connectivity index (χ4n) is 2.30. The molecule has 2 atom stereocenters. The van der Waals surface area contributed by atoms with E-state index in [1.807, 2.05) is 0 Å². The minimum absolute atomic E-state index is 0.0137. The van der Waals surface area contributed by atoms with Crippen LogP contribution in [-0.4, -0.2) is 57.1 Å². The van der Waals surface area contributed by atoms with Gasteiger partial charge in [-0.1, -0.05) is 0 Å². The van der Waals surface area contributed by atoms with Crippen LogP contribution in [0.4, 0.5) is 0 Å². The number of rotatable bonds is 5. The Morgan fingerprint density at radius 3 is 2.75 bits per heavy atom. The molecular formula is C13H15AsN2O4. The number of nitrogens with two attached hydrogens (primary N) is 1. The molecule has 6 nitrogen and oxygen atoms in total. The van der Waals surface area contributed by atoms with Crippen molar-refractivity contribution in [2.75, 3.05) is 6.54 Å². The summed E-state index contributed by atoms with van der Waals surface area (Å²) in [5.41, 5.74) is 7.15. The fourth-order valence-corrected chi connectivity index (χ4v) is 3.04. The normalized spacial score (nSPS) is 18.9. The molecule has 1 heterocycles. The minimum atomic E-state index is -0.964. The quantitative estimate of drug-likeness (QED) is 0.622. The number of carbonyl (C=O) groups is 3. The maximum absolute atomic E-state index is 11.6. The van der Waals surface area contributed by atoms with E-state index >= 15 is 0 Å². The summed E-state index contributed by atoms with van der Waals surface area (Å²) in [7, 11) is 0. The summed E-state index contributed by atoms with van der Waals surface area (Å²) in [6.07, 6.45) is 5.03. The molecule has 3 N–H and O–H groups in total. The summed E-state index contributed by atoms with van der Waals surface area (Å²) >= 11 is 1.25. The zero-order valence-electron chi connectivity index (χ0n) is 10.7. The van der Waals surface area contributed by atoms with Crippen molar-refractivity contribution in [1.82, 2.24) is 4.90 Å². The van der Waals surface area contributed by atoms with Gasteiger partial charge in [-0.05, 0) is 0 Å². The van der Waals surface area contributed by atoms with Gasteiger partial charge in [0.1, 0.15) is 0 Å². The van der Waals surface area contributed by atoms with Crippen molar-refractivity contribution in [1.29, 1.82) is 0 Å². The van der Waals surface area contributed by atoms with E-state index in [0.29, 0.717) is 6.54 Å². The molecule has 1 amide bonds. The van der Waals surface area contributed by atoms with Crippen molar-refractivity contribution in [2.24, 2.45) is 5.73 Å². The number of nitrogens with zero attached hydrogens (tertiary/aromatic N) is 1. The van der Waals surface area contributed by atoms with E-state index in [4.69, 9.17) is 10.8 Å². The fraction of sp³-hybridized carbons (Fsp3) is 0.308. The molecule has 0 saturated carbocycles. The van der Waals surface area contributed by atoms with Crippen molar-refractivity contribution >= 4 is 34.5 Å². The molecule has 2 unspecified atom stereocenters. The number of fused-ring (bicyclic) bond motifs is 1. The number of aliphatic carboxylic acids is 1. The van der Waals surface area contributed by atoms with Gasteiger partial charge < -0.3 is 0 Å². The van der Waals surface area contributed by atoms with Gasteiger partial charge in [0.25, 0.3) is 0 Å². The van der Waals surface area contributed by atoms with Crippen molar-refractivity contribution in [3.05, 3.63) is 33.9 Å². The van der Waals surface area contributed by atoms with Crippen molar-refractivity contribution in [3.63, 3.8) is 0 Å². The number of hydrogen-bond donors (Lipinski definition) is 2. The molecular weight excluding hydrogens is 323 g/mol.